The molecule has 1 amide bonds. The fourth-order valence-electron chi connectivity index (χ4n) is 10.3. The van der Waals surface area contributed by atoms with Crippen molar-refractivity contribution in [2.75, 3.05) is 6.61 Å². The SMILES string of the molecule is CC(=O)O[C@H]1C(=O)[C@@]2(C)C([C@H](OC(=O)c3ccccc3)[C@]3(O)C[C@H](OC(=O)[C@H](OC(=O)c4ccccc4)[C@H](C=C(C)C)NC(=O)OC(C)(C)C)C(C)=C1C3(C)C)[C@]1(OC(C)=O)CO[C@@H]1C[C@@H]2O. The van der Waals surface area contributed by atoms with Crippen molar-refractivity contribution >= 4 is 41.7 Å². The Bertz CT molecular complexity index is 2350. The van der Waals surface area contributed by atoms with E-state index in [9.17, 15) is 39.0 Å². The predicted octanol–water partition coefficient (Wildman–Crippen LogP) is 5.29. The first kappa shape index (κ1) is 50.5. The predicted molar refractivity (Wildman–Crippen MR) is 237 cm³/mol. The molecule has 0 radical (unpaired) electrons. The molecule has 2 saturated carbocycles. The van der Waals surface area contributed by atoms with Gasteiger partial charge in [-0.3, -0.25) is 14.4 Å². The van der Waals surface area contributed by atoms with E-state index in [-0.39, 0.29) is 35.3 Å². The molecule has 2 aromatic rings. The highest BCUT2D eigenvalue weighted by atomic mass is 16.6. The summed E-state index contributed by atoms with van der Waals surface area (Å²) in [4.78, 5) is 98.2. The van der Waals surface area contributed by atoms with Crippen LogP contribution in [-0.2, 0) is 52.3 Å². The Hall–Kier alpha value is -5.91. The fraction of sp³-hybridized carbons (Fsp3) is 0.540. The first-order valence-electron chi connectivity index (χ1n) is 22.2. The molecule has 11 atom stereocenters. The van der Waals surface area contributed by atoms with Crippen molar-refractivity contribution in [3.8, 4) is 0 Å². The molecular formula is C50H61NO16. The highest BCUT2D eigenvalue weighted by molar-refractivity contribution is 5.96. The van der Waals surface area contributed by atoms with Crippen LogP contribution in [0.2, 0.25) is 0 Å². The number of ketones is 1. The molecule has 6 rings (SSSR count). The van der Waals surface area contributed by atoms with E-state index in [0.717, 1.165) is 13.8 Å². The largest absolute Gasteiger partial charge is 0.455 e. The van der Waals surface area contributed by atoms with Gasteiger partial charge in [0, 0.05) is 32.1 Å². The van der Waals surface area contributed by atoms with Gasteiger partial charge < -0.3 is 48.7 Å². The number of fused-ring (bicyclic) bond motifs is 5. The van der Waals surface area contributed by atoms with Crippen LogP contribution in [-0.4, -0.2) is 118 Å². The van der Waals surface area contributed by atoms with Gasteiger partial charge in [-0.25, -0.2) is 19.2 Å². The number of nitrogens with one attached hydrogen (secondary N) is 1. The lowest BCUT2D eigenvalue weighted by molar-refractivity contribution is -0.346. The smallest absolute Gasteiger partial charge is 0.408 e. The second kappa shape index (κ2) is 18.6. The maximum Gasteiger partial charge on any atom is 0.408 e. The average molecular weight is 932 g/mol. The zero-order valence-corrected chi connectivity index (χ0v) is 39.7. The van der Waals surface area contributed by atoms with Crippen LogP contribution in [0.25, 0.3) is 0 Å². The molecule has 17 nitrogen and oxygen atoms in total. The van der Waals surface area contributed by atoms with Crippen molar-refractivity contribution in [2.45, 2.75) is 148 Å². The second-order valence-electron chi connectivity index (χ2n) is 19.8. The standard InChI is InChI=1S/C50H61NO16/c1-26(2)22-32(51-45(59)67-46(6,7)8)37(64-42(56)30-18-14-12-15-19-30)44(58)63-33-24-50(60)41(65-43(57)31-20-16-13-17-21-31)39-48(11,34(54)23-35-49(39,25-61-35)66-29(5)53)40(55)38(62-28(4)52)36(27(33)3)47(50,9)10/h12-22,32-35,37-39,41,54,60H,23-25H2,1-11H3,(H,51,59)/t32-,33-,34-,35+,37+,38+,39?,41-,48+,49-,50+/m0/s1. The molecule has 0 aromatic heterocycles. The van der Waals surface area contributed by atoms with Crippen LogP contribution in [0.15, 0.2) is 83.5 Å². The summed E-state index contributed by atoms with van der Waals surface area (Å²) in [5, 5.41) is 28.6. The van der Waals surface area contributed by atoms with Gasteiger partial charge in [0.15, 0.2) is 17.5 Å². The Morgan fingerprint density at radius 3 is 1.94 bits per heavy atom. The topological polar surface area (TPSA) is 237 Å². The van der Waals surface area contributed by atoms with Crippen molar-refractivity contribution in [2.24, 2.45) is 16.7 Å². The third kappa shape index (κ3) is 9.50. The number of aliphatic hydroxyl groups excluding tert-OH is 1. The summed E-state index contributed by atoms with van der Waals surface area (Å²) in [6, 6.07) is 14.2. The molecule has 67 heavy (non-hydrogen) atoms. The van der Waals surface area contributed by atoms with Gasteiger partial charge in [0.2, 0.25) is 6.10 Å². The minimum absolute atomic E-state index is 0.0361. The highest BCUT2D eigenvalue weighted by Gasteiger charge is 2.78. The molecule has 3 N–H and O–H groups in total. The molecule has 3 fully saturated rings. The van der Waals surface area contributed by atoms with E-state index in [1.165, 1.54) is 44.2 Å². The van der Waals surface area contributed by atoms with Gasteiger partial charge >= 0.3 is 35.9 Å². The Balaban J connectivity index is 1.57. The van der Waals surface area contributed by atoms with Gasteiger partial charge in [-0.05, 0) is 83.9 Å². The summed E-state index contributed by atoms with van der Waals surface area (Å²) in [5.41, 5.74) is -8.23. The van der Waals surface area contributed by atoms with Gasteiger partial charge in [0.25, 0.3) is 0 Å². The number of hydrogen-bond donors (Lipinski definition) is 3. The summed E-state index contributed by atoms with van der Waals surface area (Å²) in [7, 11) is 0. The number of aliphatic hydroxyl groups is 2. The molecule has 1 unspecified atom stereocenters. The Labute approximate surface area is 389 Å². The molecule has 2 aromatic carbocycles. The molecule has 1 saturated heterocycles. The number of rotatable bonds is 11. The molecule has 17 heteroatoms. The summed E-state index contributed by atoms with van der Waals surface area (Å²) < 4.78 is 42.0. The van der Waals surface area contributed by atoms with E-state index in [0.29, 0.717) is 5.57 Å². The fourth-order valence-corrected chi connectivity index (χ4v) is 10.3. The van der Waals surface area contributed by atoms with Crippen molar-refractivity contribution in [1.82, 2.24) is 5.32 Å². The van der Waals surface area contributed by atoms with Gasteiger partial charge in [-0.1, -0.05) is 61.9 Å². The monoisotopic (exact) mass is 931 g/mol. The summed E-state index contributed by atoms with van der Waals surface area (Å²) in [6.45, 7) is 16.2. The van der Waals surface area contributed by atoms with Crippen LogP contribution in [0.1, 0.15) is 110 Å². The number of benzene rings is 2. The number of Topliss-reactive ketones (excluding diaryl/α,β-unsaturated/α-hetero) is 1. The summed E-state index contributed by atoms with van der Waals surface area (Å²) >= 11 is 0. The Kier molecular flexibility index (Phi) is 14.1. The first-order chi connectivity index (χ1) is 31.2. The zero-order valence-electron chi connectivity index (χ0n) is 39.7. The number of amides is 1. The number of allylic oxidation sites excluding steroid dienone is 1. The molecule has 1 aliphatic heterocycles. The third-order valence-corrected chi connectivity index (χ3v) is 13.4. The number of ether oxygens (including phenoxy) is 7. The first-order valence-corrected chi connectivity index (χ1v) is 22.2. The molecule has 362 valence electrons. The number of carbonyl (C=O) groups excluding carboxylic acids is 7. The number of esters is 5. The van der Waals surface area contributed by atoms with Gasteiger partial charge in [-0.15, -0.1) is 0 Å². The van der Waals surface area contributed by atoms with Gasteiger partial charge in [0.1, 0.15) is 29.5 Å². The lowest BCUT2D eigenvalue weighted by Crippen LogP contribution is -2.82. The average Bonchev–Trinajstić information content (AvgIpc) is 3.23. The summed E-state index contributed by atoms with van der Waals surface area (Å²) in [6.07, 6.45) is -10.2. The second-order valence-corrected chi connectivity index (χ2v) is 19.8. The summed E-state index contributed by atoms with van der Waals surface area (Å²) in [5.74, 6) is -7.32. The zero-order chi connectivity index (χ0) is 49.6. The third-order valence-electron chi connectivity index (χ3n) is 13.4. The molecule has 1 heterocycles. The van der Waals surface area contributed by atoms with Crippen molar-refractivity contribution in [3.05, 3.63) is 94.6 Å². The molecule has 3 aliphatic carbocycles. The van der Waals surface area contributed by atoms with Crippen LogP contribution in [0, 0.1) is 16.7 Å². The highest BCUT2D eigenvalue weighted by Crippen LogP contribution is 2.64. The van der Waals surface area contributed by atoms with E-state index in [4.69, 9.17) is 33.2 Å². The van der Waals surface area contributed by atoms with E-state index in [1.807, 2.05) is 0 Å². The van der Waals surface area contributed by atoms with Crippen LogP contribution in [0.3, 0.4) is 0 Å². The van der Waals surface area contributed by atoms with Crippen molar-refractivity contribution < 1.29 is 76.9 Å². The van der Waals surface area contributed by atoms with E-state index < -0.39 is 124 Å². The Morgan fingerprint density at radius 1 is 0.851 bits per heavy atom. The quantitative estimate of drug-likeness (QED) is 0.147. The van der Waals surface area contributed by atoms with Gasteiger partial charge in [-0.2, -0.15) is 0 Å². The van der Waals surface area contributed by atoms with Crippen LogP contribution < -0.4 is 5.32 Å². The molecule has 2 bridgehead atoms. The van der Waals surface area contributed by atoms with Crippen LogP contribution in [0.5, 0.6) is 0 Å². The van der Waals surface area contributed by atoms with E-state index >= 15 is 4.79 Å². The maximum absolute atomic E-state index is 15.6. The minimum atomic E-state index is -2.45. The molecule has 0 spiro atoms. The number of carbonyl (C=O) groups is 7. The lowest BCUT2D eigenvalue weighted by atomic mass is 9.44. The molecular weight excluding hydrogens is 871 g/mol. The number of alkyl carbamates (subject to hydrolysis) is 1. The number of hydrogen-bond acceptors (Lipinski definition) is 16. The Morgan fingerprint density at radius 2 is 1.43 bits per heavy atom. The van der Waals surface area contributed by atoms with Crippen LogP contribution in [0.4, 0.5) is 4.79 Å². The van der Waals surface area contributed by atoms with Crippen molar-refractivity contribution in [1.29, 1.82) is 0 Å². The van der Waals surface area contributed by atoms with Gasteiger partial charge in [0.05, 0.1) is 41.2 Å². The normalized spacial score (nSPS) is 30.4. The van der Waals surface area contributed by atoms with E-state index in [2.05, 4.69) is 5.32 Å². The van der Waals surface area contributed by atoms with E-state index in [1.54, 1.807) is 84.9 Å². The maximum atomic E-state index is 15.6. The van der Waals surface area contributed by atoms with Crippen molar-refractivity contribution in [3.63, 3.8) is 0 Å². The minimum Gasteiger partial charge on any atom is -0.455 e. The molecule has 4 aliphatic rings. The lowest BCUT2D eigenvalue weighted by Gasteiger charge is -2.67. The van der Waals surface area contributed by atoms with Crippen LogP contribution >= 0.6 is 0 Å².